The third kappa shape index (κ3) is 4.38. The van der Waals surface area contributed by atoms with Crippen molar-refractivity contribution in [1.82, 2.24) is 9.55 Å². The van der Waals surface area contributed by atoms with Crippen molar-refractivity contribution in [2.45, 2.75) is 68.1 Å². The van der Waals surface area contributed by atoms with Crippen molar-refractivity contribution in [2.24, 2.45) is 5.92 Å². The van der Waals surface area contributed by atoms with Crippen LogP contribution in [0.25, 0.3) is 0 Å². The Bertz CT molecular complexity index is 1160. The van der Waals surface area contributed by atoms with E-state index in [0.29, 0.717) is 36.3 Å². The van der Waals surface area contributed by atoms with Crippen molar-refractivity contribution in [1.29, 1.82) is 0 Å². The Balaban J connectivity index is 1.74. The number of pyridine rings is 1. The third-order valence-corrected chi connectivity index (χ3v) is 9.06. The van der Waals surface area contributed by atoms with Crippen molar-refractivity contribution < 1.29 is 17.6 Å². The van der Waals surface area contributed by atoms with E-state index in [4.69, 9.17) is 5.73 Å². The number of nitrogen functional groups attached to an aromatic ring is 1. The van der Waals surface area contributed by atoms with Gasteiger partial charge in [-0.3, -0.25) is 14.2 Å². The van der Waals surface area contributed by atoms with Gasteiger partial charge in [-0.25, -0.2) is 13.4 Å². The van der Waals surface area contributed by atoms with Gasteiger partial charge in [0.15, 0.2) is 20.1 Å². The zero-order valence-electron chi connectivity index (χ0n) is 17.1. The van der Waals surface area contributed by atoms with Gasteiger partial charge in [-0.05, 0) is 38.2 Å². The van der Waals surface area contributed by atoms with Crippen LogP contribution in [0.1, 0.15) is 56.7 Å². The molecule has 1 amide bonds. The first-order valence-corrected chi connectivity index (χ1v) is 12.7. The van der Waals surface area contributed by atoms with Crippen LogP contribution in [-0.4, -0.2) is 29.1 Å². The van der Waals surface area contributed by atoms with Crippen molar-refractivity contribution in [3.63, 3.8) is 0 Å². The van der Waals surface area contributed by atoms with Gasteiger partial charge in [0, 0.05) is 5.69 Å². The molecular weight excluding hydrogens is 443 g/mol. The minimum atomic E-state index is -3.66. The highest BCUT2D eigenvalue weighted by Crippen LogP contribution is 2.37. The molecule has 2 aliphatic carbocycles. The van der Waals surface area contributed by atoms with Crippen LogP contribution in [0.5, 0.6) is 0 Å². The van der Waals surface area contributed by atoms with Crippen molar-refractivity contribution >= 4 is 37.9 Å². The molecule has 31 heavy (non-hydrogen) atoms. The van der Waals surface area contributed by atoms with Gasteiger partial charge in [-0.15, -0.1) is 0 Å². The van der Waals surface area contributed by atoms with E-state index in [2.05, 4.69) is 10.3 Å². The maximum absolute atomic E-state index is 13.3. The number of amides is 1. The fourth-order valence-electron chi connectivity index (χ4n) is 4.31. The van der Waals surface area contributed by atoms with Crippen LogP contribution in [0.3, 0.4) is 0 Å². The number of sulfone groups is 1. The Kier molecular flexibility index (Phi) is 5.91. The first kappa shape index (κ1) is 21.9. The van der Waals surface area contributed by atoms with E-state index in [9.17, 15) is 22.4 Å². The molecule has 2 aromatic heterocycles. The molecular formula is C20H25FN4O4S2. The summed E-state index contributed by atoms with van der Waals surface area (Å²) in [6.45, 7) is 1.60. The standard InChI is InChI=1S/C20H25FN4O4S2/c1-11-8-15(31(28,29)13-6-7-13)17(22)19(27)25(11)14(9-12-4-2-3-5-12)18(26)24-20-23-10-16(21)30-20/h8,10,12-14H,2-7,9,22H2,1H3,(H,23,24,26). The monoisotopic (exact) mass is 468 g/mol. The summed E-state index contributed by atoms with van der Waals surface area (Å²) in [4.78, 5) is 30.0. The molecule has 0 radical (unpaired) electrons. The lowest BCUT2D eigenvalue weighted by Gasteiger charge is -2.25. The fraction of sp³-hybridized carbons (Fsp3) is 0.550. The predicted molar refractivity (Wildman–Crippen MR) is 116 cm³/mol. The summed E-state index contributed by atoms with van der Waals surface area (Å²) in [5, 5.41) is 1.66. The topological polar surface area (TPSA) is 124 Å². The van der Waals surface area contributed by atoms with Gasteiger partial charge in [0.25, 0.3) is 5.56 Å². The van der Waals surface area contributed by atoms with Gasteiger partial charge in [0.2, 0.25) is 5.91 Å². The molecule has 4 rings (SSSR count). The zero-order valence-corrected chi connectivity index (χ0v) is 18.8. The molecule has 1 atom stereocenters. The average Bonchev–Trinajstić information content (AvgIpc) is 3.32. The lowest BCUT2D eigenvalue weighted by Crippen LogP contribution is -2.37. The summed E-state index contributed by atoms with van der Waals surface area (Å²) in [6.07, 6.45) is 6.56. The molecule has 3 N–H and O–H groups in total. The van der Waals surface area contributed by atoms with Crippen LogP contribution in [-0.2, 0) is 14.6 Å². The number of rotatable bonds is 7. The van der Waals surface area contributed by atoms with E-state index in [0.717, 1.165) is 31.9 Å². The van der Waals surface area contributed by atoms with Crippen molar-refractivity contribution in [3.8, 4) is 0 Å². The van der Waals surface area contributed by atoms with Gasteiger partial charge in [0.05, 0.1) is 16.3 Å². The molecule has 11 heteroatoms. The minimum Gasteiger partial charge on any atom is -0.393 e. The quantitative estimate of drug-likeness (QED) is 0.644. The van der Waals surface area contributed by atoms with Gasteiger partial charge < -0.3 is 11.1 Å². The number of aryl methyl sites for hydroxylation is 1. The van der Waals surface area contributed by atoms with E-state index in [-0.39, 0.29) is 21.6 Å². The number of anilines is 2. The highest BCUT2D eigenvalue weighted by Gasteiger charge is 2.39. The third-order valence-electron chi connectivity index (χ3n) is 6.06. The number of nitrogens with two attached hydrogens (primary N) is 1. The molecule has 0 spiro atoms. The summed E-state index contributed by atoms with van der Waals surface area (Å²) in [5.74, 6) is -0.241. The molecule has 0 bridgehead atoms. The number of nitrogens with zero attached hydrogens (tertiary/aromatic N) is 2. The summed E-state index contributed by atoms with van der Waals surface area (Å²) >= 11 is 0.698. The molecule has 0 aliphatic heterocycles. The fourth-order valence-corrected chi connectivity index (χ4v) is 6.70. The summed E-state index contributed by atoms with van der Waals surface area (Å²) < 4.78 is 40.0. The first-order valence-electron chi connectivity index (χ1n) is 10.4. The molecule has 168 valence electrons. The number of carbonyl (C=O) groups excluding carboxylic acids is 1. The average molecular weight is 469 g/mol. The molecule has 2 heterocycles. The highest BCUT2D eigenvalue weighted by atomic mass is 32.2. The summed E-state index contributed by atoms with van der Waals surface area (Å²) in [7, 11) is -3.66. The van der Waals surface area contributed by atoms with E-state index in [1.807, 2.05) is 0 Å². The second kappa shape index (κ2) is 8.34. The highest BCUT2D eigenvalue weighted by molar-refractivity contribution is 7.92. The molecule has 2 aliphatic rings. The SMILES string of the molecule is Cc1cc(S(=O)(=O)C2CC2)c(N)c(=O)n1C(CC1CCCC1)C(=O)Nc1ncc(F)s1. The van der Waals surface area contributed by atoms with Gasteiger partial charge in [-0.1, -0.05) is 37.0 Å². The van der Waals surface area contributed by atoms with Crippen molar-refractivity contribution in [2.75, 3.05) is 11.1 Å². The number of nitrogens with one attached hydrogen (secondary N) is 1. The first-order chi connectivity index (χ1) is 14.7. The number of thiazole rings is 1. The van der Waals surface area contributed by atoms with Gasteiger partial charge in [0.1, 0.15) is 11.7 Å². The van der Waals surface area contributed by atoms with E-state index in [1.165, 1.54) is 10.6 Å². The van der Waals surface area contributed by atoms with E-state index < -0.39 is 37.7 Å². The zero-order chi connectivity index (χ0) is 22.3. The Labute approximate surface area is 183 Å². The van der Waals surface area contributed by atoms with Gasteiger partial charge >= 0.3 is 0 Å². The maximum Gasteiger partial charge on any atom is 0.275 e. The maximum atomic E-state index is 13.3. The van der Waals surface area contributed by atoms with Crippen molar-refractivity contribution in [3.05, 3.63) is 33.4 Å². The summed E-state index contributed by atoms with van der Waals surface area (Å²) in [5.41, 5.74) is 5.30. The van der Waals surface area contributed by atoms with Crippen LogP contribution in [0, 0.1) is 18.0 Å². The Hall–Kier alpha value is -2.27. The number of halogens is 1. The molecule has 2 aromatic rings. The molecule has 2 saturated carbocycles. The lowest BCUT2D eigenvalue weighted by atomic mass is 9.97. The number of carbonyl (C=O) groups is 1. The Morgan fingerprint density at radius 2 is 2.03 bits per heavy atom. The van der Waals surface area contributed by atoms with Crippen LogP contribution in [0.4, 0.5) is 15.2 Å². The molecule has 8 nitrogen and oxygen atoms in total. The van der Waals surface area contributed by atoms with Crippen LogP contribution < -0.4 is 16.6 Å². The van der Waals surface area contributed by atoms with Crippen LogP contribution in [0.2, 0.25) is 0 Å². The molecule has 0 aromatic carbocycles. The smallest absolute Gasteiger partial charge is 0.275 e. The Morgan fingerprint density at radius 1 is 1.35 bits per heavy atom. The normalized spacial score (nSPS) is 18.3. The second-order valence-corrected chi connectivity index (χ2v) is 11.5. The van der Waals surface area contributed by atoms with E-state index >= 15 is 0 Å². The predicted octanol–water partition coefficient (Wildman–Crippen LogP) is 3.03. The minimum absolute atomic E-state index is 0.102. The second-order valence-electron chi connectivity index (χ2n) is 8.34. The Morgan fingerprint density at radius 3 is 2.61 bits per heavy atom. The summed E-state index contributed by atoms with van der Waals surface area (Å²) in [6, 6.07) is 0.491. The van der Waals surface area contributed by atoms with Crippen LogP contribution >= 0.6 is 11.3 Å². The molecule has 0 saturated heterocycles. The largest absolute Gasteiger partial charge is 0.393 e. The van der Waals surface area contributed by atoms with Gasteiger partial charge in [-0.2, -0.15) is 4.39 Å². The van der Waals surface area contributed by atoms with E-state index in [1.54, 1.807) is 6.92 Å². The molecule has 1 unspecified atom stereocenters. The molecule has 2 fully saturated rings. The number of hydrogen-bond donors (Lipinski definition) is 2. The number of hydrogen-bond acceptors (Lipinski definition) is 7. The lowest BCUT2D eigenvalue weighted by molar-refractivity contribution is -0.119. The van der Waals surface area contributed by atoms with Crippen LogP contribution in [0.15, 0.2) is 22.0 Å². The number of aromatic nitrogens is 2.